The van der Waals surface area contributed by atoms with Gasteiger partial charge in [-0.05, 0) is 30.5 Å². The smallest absolute Gasteiger partial charge is 0.323 e. The maximum Gasteiger partial charge on any atom is 0.323 e. The predicted octanol–water partition coefficient (Wildman–Crippen LogP) is 2.72. The topological polar surface area (TPSA) is 66.8 Å². The summed E-state index contributed by atoms with van der Waals surface area (Å²) in [5, 5.41) is 8.47. The lowest BCUT2D eigenvalue weighted by Crippen LogP contribution is -2.36. The lowest BCUT2D eigenvalue weighted by Gasteiger charge is -2.12. The van der Waals surface area contributed by atoms with E-state index in [1.165, 1.54) is 11.8 Å². The number of thioether (sulfide) groups is 1. The van der Waals surface area contributed by atoms with E-state index in [4.69, 9.17) is 22.1 Å². The third kappa shape index (κ3) is 4.94. The third-order valence-corrected chi connectivity index (χ3v) is 4.99. The lowest BCUT2D eigenvalue weighted by atomic mass is 10.1. The molecule has 1 aromatic carbocycles. The Labute approximate surface area is 145 Å². The average Bonchev–Trinajstić information content (AvgIpc) is 2.76. The lowest BCUT2D eigenvalue weighted by molar-refractivity contribution is -0.141. The molecule has 1 aliphatic heterocycles. The number of nitrogens with zero attached hydrogens (tertiary/aromatic N) is 1. The molecule has 0 radical (unpaired) electrons. The summed E-state index contributed by atoms with van der Waals surface area (Å²) < 4.78 is 5.94. The van der Waals surface area contributed by atoms with Crippen molar-refractivity contribution in [3.05, 3.63) is 29.8 Å². The van der Waals surface area contributed by atoms with Gasteiger partial charge in [-0.15, -0.1) is 0 Å². The van der Waals surface area contributed by atoms with Crippen LogP contribution in [-0.4, -0.2) is 44.6 Å². The molecule has 1 fully saturated rings. The number of hydrogen-bond donors (Lipinski definition) is 1. The molecular formula is C16H19NO4S2. The van der Waals surface area contributed by atoms with Gasteiger partial charge in [-0.3, -0.25) is 14.5 Å². The van der Waals surface area contributed by atoms with E-state index in [9.17, 15) is 9.59 Å². The van der Waals surface area contributed by atoms with Gasteiger partial charge in [-0.2, -0.15) is 0 Å². The van der Waals surface area contributed by atoms with Crippen LogP contribution in [0.5, 0.6) is 5.75 Å². The number of carboxylic acids is 1. The van der Waals surface area contributed by atoms with Crippen LogP contribution < -0.4 is 4.74 Å². The van der Waals surface area contributed by atoms with Gasteiger partial charge in [0.05, 0.1) is 11.9 Å². The summed E-state index contributed by atoms with van der Waals surface area (Å²) in [7, 11) is 0. The van der Waals surface area contributed by atoms with Crippen LogP contribution in [0.4, 0.5) is 0 Å². The Morgan fingerprint density at radius 1 is 1.39 bits per heavy atom. The molecule has 1 amide bonds. The number of hydrogen-bond acceptors (Lipinski definition) is 5. The zero-order valence-corrected chi connectivity index (χ0v) is 14.5. The fourth-order valence-corrected chi connectivity index (χ4v) is 3.71. The molecule has 0 aliphatic carbocycles. The van der Waals surface area contributed by atoms with Crippen molar-refractivity contribution >= 4 is 40.2 Å². The van der Waals surface area contributed by atoms with Crippen LogP contribution in [0.1, 0.15) is 25.3 Å². The van der Waals surface area contributed by atoms with Crippen molar-refractivity contribution in [1.29, 1.82) is 0 Å². The molecule has 1 aliphatic rings. The molecule has 0 bridgehead atoms. The second kappa shape index (κ2) is 8.31. The van der Waals surface area contributed by atoms with Gasteiger partial charge in [0.25, 0.3) is 0 Å². The molecule has 0 aromatic heterocycles. The fraction of sp³-hybridized carbons (Fsp3) is 0.438. The second-order valence-electron chi connectivity index (χ2n) is 5.24. The van der Waals surface area contributed by atoms with Crippen molar-refractivity contribution in [1.82, 2.24) is 4.90 Å². The molecule has 23 heavy (non-hydrogen) atoms. The highest BCUT2D eigenvalue weighted by atomic mass is 32.2. The molecule has 5 nitrogen and oxygen atoms in total. The molecular weight excluding hydrogens is 334 g/mol. The van der Waals surface area contributed by atoms with E-state index >= 15 is 0 Å². The van der Waals surface area contributed by atoms with E-state index in [0.29, 0.717) is 17.3 Å². The molecule has 0 saturated carbocycles. The molecule has 1 aromatic rings. The number of unbranched alkanes of at least 4 members (excludes halogenated alkanes) is 1. The highest BCUT2D eigenvalue weighted by Gasteiger charge is 2.37. The Bertz CT molecular complexity index is 588. The van der Waals surface area contributed by atoms with Gasteiger partial charge in [-0.1, -0.05) is 49.5 Å². The summed E-state index contributed by atoms with van der Waals surface area (Å²) in [6.45, 7) is 2.44. The Hall–Kier alpha value is -1.60. The van der Waals surface area contributed by atoms with E-state index in [1.807, 2.05) is 24.3 Å². The molecule has 1 N–H and O–H groups in total. The van der Waals surface area contributed by atoms with Crippen LogP contribution in [0.3, 0.4) is 0 Å². The third-order valence-electron chi connectivity index (χ3n) is 3.41. The highest BCUT2D eigenvalue weighted by Crippen LogP contribution is 2.30. The molecule has 1 unspecified atom stereocenters. The summed E-state index contributed by atoms with van der Waals surface area (Å²) in [5.74, 6) is -0.475. The average molecular weight is 353 g/mol. The minimum Gasteiger partial charge on any atom is -0.494 e. The summed E-state index contributed by atoms with van der Waals surface area (Å²) in [6.07, 6.45) is 2.63. The van der Waals surface area contributed by atoms with Crippen LogP contribution >= 0.6 is 24.0 Å². The van der Waals surface area contributed by atoms with Crippen LogP contribution in [0.15, 0.2) is 24.3 Å². The first-order valence-electron chi connectivity index (χ1n) is 7.46. The number of benzene rings is 1. The molecule has 7 heteroatoms. The number of carbonyl (C=O) groups is 2. The molecule has 2 rings (SSSR count). The second-order valence-corrected chi connectivity index (χ2v) is 7.08. The Morgan fingerprint density at radius 3 is 2.70 bits per heavy atom. The van der Waals surface area contributed by atoms with Crippen molar-refractivity contribution in [2.24, 2.45) is 0 Å². The van der Waals surface area contributed by atoms with Gasteiger partial charge >= 0.3 is 5.97 Å². The van der Waals surface area contributed by atoms with Crippen molar-refractivity contribution in [2.45, 2.75) is 31.4 Å². The number of carbonyl (C=O) groups excluding carboxylic acids is 1. The monoisotopic (exact) mass is 353 g/mol. The number of thiocarbonyl (C=S) groups is 1. The fourth-order valence-electron chi connectivity index (χ4n) is 2.18. The van der Waals surface area contributed by atoms with Gasteiger partial charge < -0.3 is 9.84 Å². The minimum absolute atomic E-state index is 0.231. The van der Waals surface area contributed by atoms with Crippen molar-refractivity contribution in [2.75, 3.05) is 13.2 Å². The predicted molar refractivity (Wildman–Crippen MR) is 93.9 cm³/mol. The largest absolute Gasteiger partial charge is 0.494 e. The summed E-state index contributed by atoms with van der Waals surface area (Å²) in [6, 6.07) is 7.64. The zero-order chi connectivity index (χ0) is 16.8. The standard InChI is InChI=1S/C16H19NO4S2/c1-2-3-8-21-12-6-4-11(5-7-12)9-13-15(20)17(10-14(18)19)16(22)23-13/h4-7,13H,2-3,8-10H2,1H3,(H,18,19). The van der Waals surface area contributed by atoms with Crippen molar-refractivity contribution < 1.29 is 19.4 Å². The van der Waals surface area contributed by atoms with Gasteiger partial charge in [0.15, 0.2) is 0 Å². The Kier molecular flexibility index (Phi) is 6.41. The van der Waals surface area contributed by atoms with Gasteiger partial charge in [0.1, 0.15) is 16.6 Å². The number of amides is 1. The number of rotatable bonds is 8. The van der Waals surface area contributed by atoms with E-state index in [2.05, 4.69) is 6.92 Å². The highest BCUT2D eigenvalue weighted by molar-refractivity contribution is 8.24. The molecule has 1 atom stereocenters. The summed E-state index contributed by atoms with van der Waals surface area (Å²) >= 11 is 6.35. The van der Waals surface area contributed by atoms with Crippen molar-refractivity contribution in [3.8, 4) is 5.75 Å². The maximum atomic E-state index is 12.2. The quantitative estimate of drug-likeness (QED) is 0.573. The maximum absolute atomic E-state index is 12.2. The first-order chi connectivity index (χ1) is 11.0. The van der Waals surface area contributed by atoms with E-state index < -0.39 is 5.97 Å². The van der Waals surface area contributed by atoms with Crippen LogP contribution in [0.25, 0.3) is 0 Å². The number of ether oxygens (including phenoxy) is 1. The summed E-state index contributed by atoms with van der Waals surface area (Å²) in [4.78, 5) is 24.2. The van der Waals surface area contributed by atoms with E-state index in [1.54, 1.807) is 0 Å². The number of carboxylic acid groups (broad SMARTS) is 1. The van der Waals surface area contributed by atoms with Crippen LogP contribution in [0, 0.1) is 0 Å². The van der Waals surface area contributed by atoms with E-state index in [-0.39, 0.29) is 17.7 Å². The van der Waals surface area contributed by atoms with Gasteiger partial charge in [0.2, 0.25) is 5.91 Å². The minimum atomic E-state index is -1.06. The Morgan fingerprint density at radius 2 is 2.09 bits per heavy atom. The molecule has 0 spiro atoms. The van der Waals surface area contributed by atoms with Crippen molar-refractivity contribution in [3.63, 3.8) is 0 Å². The number of aliphatic carboxylic acids is 1. The first kappa shape index (κ1) is 17.7. The Balaban J connectivity index is 1.93. The summed E-state index contributed by atoms with van der Waals surface area (Å²) in [5.41, 5.74) is 0.999. The van der Waals surface area contributed by atoms with Gasteiger partial charge in [-0.25, -0.2) is 0 Å². The van der Waals surface area contributed by atoms with E-state index in [0.717, 1.165) is 29.1 Å². The molecule has 1 saturated heterocycles. The SMILES string of the molecule is CCCCOc1ccc(CC2SC(=S)N(CC(=O)O)C2=O)cc1. The molecule has 1 heterocycles. The normalized spacial score (nSPS) is 17.6. The van der Waals surface area contributed by atoms with Gasteiger partial charge in [0, 0.05) is 0 Å². The molecule has 124 valence electrons. The first-order valence-corrected chi connectivity index (χ1v) is 8.75. The van der Waals surface area contributed by atoms with Crippen LogP contribution in [0.2, 0.25) is 0 Å². The zero-order valence-electron chi connectivity index (χ0n) is 12.9. The van der Waals surface area contributed by atoms with Crippen LogP contribution in [-0.2, 0) is 16.0 Å².